The maximum atomic E-state index is 13.0. The number of benzene rings is 1. The molecule has 0 spiro atoms. The summed E-state index contributed by atoms with van der Waals surface area (Å²) in [6.45, 7) is 1.42. The number of rotatable bonds is 8. The Bertz CT molecular complexity index is 1180. The Balaban J connectivity index is 1.33. The minimum absolute atomic E-state index is 0.0605. The highest BCUT2D eigenvalue weighted by atomic mass is 16.1. The Morgan fingerprint density at radius 3 is 2.44 bits per heavy atom. The highest BCUT2D eigenvalue weighted by Gasteiger charge is 2.24. The quantitative estimate of drug-likeness (QED) is 0.456. The van der Waals surface area contributed by atoms with Gasteiger partial charge in [-0.25, -0.2) is 9.97 Å². The van der Waals surface area contributed by atoms with E-state index < -0.39 is 0 Å². The molecule has 1 fully saturated rings. The molecule has 6 heteroatoms. The maximum Gasteiger partial charge on any atom is 0.267 e. The van der Waals surface area contributed by atoms with Crippen LogP contribution in [0.15, 0.2) is 79.4 Å². The molecular formula is C26H25N5O. The number of amides is 1. The lowest BCUT2D eigenvalue weighted by Crippen LogP contribution is -2.28. The first-order valence-electron chi connectivity index (χ1n) is 11.0. The molecule has 0 unspecified atom stereocenters. The fraction of sp³-hybridized carbons (Fsp3) is 0.231. The monoisotopic (exact) mass is 423 g/mol. The van der Waals surface area contributed by atoms with Crippen LogP contribution >= 0.6 is 0 Å². The maximum absolute atomic E-state index is 13.0. The van der Waals surface area contributed by atoms with E-state index in [1.165, 1.54) is 12.8 Å². The zero-order valence-corrected chi connectivity index (χ0v) is 17.8. The number of carbonyl (C=O) groups excluding carboxylic acids is 1. The molecule has 1 aliphatic carbocycles. The lowest BCUT2D eigenvalue weighted by atomic mass is 10.1. The molecule has 6 nitrogen and oxygen atoms in total. The molecule has 1 aliphatic rings. The van der Waals surface area contributed by atoms with Crippen molar-refractivity contribution < 1.29 is 4.79 Å². The second-order valence-electron chi connectivity index (χ2n) is 8.20. The van der Waals surface area contributed by atoms with E-state index in [1.54, 1.807) is 6.20 Å². The average Bonchev–Trinajstić information content (AvgIpc) is 3.56. The standard InChI is InChI=1S/C26H25N5O/c32-26(28-13-11-23-8-4-5-12-27-23)24-14-21(18-31(24)17-19-9-10-19)22-15-29-25(30-16-22)20-6-2-1-3-7-20/h1-8,12,14-16,18-19H,9-11,13,17H2,(H,28,32). The van der Waals surface area contributed by atoms with Crippen LogP contribution in [-0.4, -0.2) is 32.0 Å². The van der Waals surface area contributed by atoms with Crippen molar-refractivity contribution in [2.24, 2.45) is 5.92 Å². The number of hydrogen-bond donors (Lipinski definition) is 1. The second-order valence-corrected chi connectivity index (χ2v) is 8.20. The van der Waals surface area contributed by atoms with Gasteiger partial charge in [-0.15, -0.1) is 0 Å². The highest BCUT2D eigenvalue weighted by molar-refractivity contribution is 5.94. The predicted octanol–water partition coefficient (Wildman–Crippen LogP) is 4.39. The number of carbonyl (C=O) groups is 1. The van der Waals surface area contributed by atoms with Gasteiger partial charge in [0.2, 0.25) is 0 Å². The Labute approximate surface area is 187 Å². The molecule has 0 radical (unpaired) electrons. The summed E-state index contributed by atoms with van der Waals surface area (Å²) in [5, 5.41) is 3.05. The third-order valence-corrected chi connectivity index (χ3v) is 5.69. The Kier molecular flexibility index (Phi) is 5.75. The van der Waals surface area contributed by atoms with Gasteiger partial charge in [0.05, 0.1) is 0 Å². The van der Waals surface area contributed by atoms with E-state index in [2.05, 4.69) is 24.8 Å². The number of nitrogens with zero attached hydrogens (tertiary/aromatic N) is 4. The summed E-state index contributed by atoms with van der Waals surface area (Å²) in [4.78, 5) is 26.3. The lowest BCUT2D eigenvalue weighted by Gasteiger charge is -2.09. The normalized spacial score (nSPS) is 13.1. The molecule has 1 aromatic carbocycles. The summed E-state index contributed by atoms with van der Waals surface area (Å²) in [6.07, 6.45) is 10.6. The number of aromatic nitrogens is 4. The third kappa shape index (κ3) is 4.75. The molecule has 1 amide bonds. The minimum Gasteiger partial charge on any atom is -0.350 e. The Morgan fingerprint density at radius 2 is 1.72 bits per heavy atom. The van der Waals surface area contributed by atoms with Crippen LogP contribution < -0.4 is 5.32 Å². The number of pyridine rings is 1. The molecule has 0 atom stereocenters. The predicted molar refractivity (Wildman–Crippen MR) is 124 cm³/mol. The summed E-state index contributed by atoms with van der Waals surface area (Å²) < 4.78 is 2.08. The molecule has 160 valence electrons. The van der Waals surface area contributed by atoms with Crippen LogP contribution in [0.4, 0.5) is 0 Å². The summed E-state index contributed by atoms with van der Waals surface area (Å²) >= 11 is 0. The van der Waals surface area contributed by atoms with Crippen molar-refractivity contribution >= 4 is 5.91 Å². The van der Waals surface area contributed by atoms with Gasteiger partial charge in [0.15, 0.2) is 5.82 Å². The second kappa shape index (κ2) is 9.14. The fourth-order valence-electron chi connectivity index (χ4n) is 3.74. The van der Waals surface area contributed by atoms with E-state index in [4.69, 9.17) is 0 Å². The van der Waals surface area contributed by atoms with Crippen molar-refractivity contribution in [3.8, 4) is 22.5 Å². The van der Waals surface area contributed by atoms with Crippen molar-refractivity contribution in [1.82, 2.24) is 24.8 Å². The molecule has 5 rings (SSSR count). The molecular weight excluding hydrogens is 398 g/mol. The van der Waals surface area contributed by atoms with E-state index in [-0.39, 0.29) is 5.91 Å². The molecule has 3 aromatic heterocycles. The van der Waals surface area contributed by atoms with E-state index in [1.807, 2.05) is 73.2 Å². The van der Waals surface area contributed by atoms with Crippen LogP contribution in [0, 0.1) is 5.92 Å². The van der Waals surface area contributed by atoms with Gasteiger partial charge < -0.3 is 9.88 Å². The van der Waals surface area contributed by atoms with E-state index in [0.29, 0.717) is 30.4 Å². The Hall–Kier alpha value is -3.80. The first-order chi connectivity index (χ1) is 15.8. The third-order valence-electron chi connectivity index (χ3n) is 5.69. The van der Waals surface area contributed by atoms with Crippen LogP contribution in [0.1, 0.15) is 29.0 Å². The van der Waals surface area contributed by atoms with Crippen LogP contribution in [0.5, 0.6) is 0 Å². The highest BCUT2D eigenvalue weighted by Crippen LogP contribution is 2.32. The molecule has 3 heterocycles. The zero-order valence-electron chi connectivity index (χ0n) is 17.8. The van der Waals surface area contributed by atoms with Crippen LogP contribution in [0.3, 0.4) is 0 Å². The first kappa shape index (κ1) is 20.1. The molecule has 0 bridgehead atoms. The molecule has 0 aliphatic heterocycles. The van der Waals surface area contributed by atoms with E-state index >= 15 is 0 Å². The lowest BCUT2D eigenvalue weighted by molar-refractivity contribution is 0.0944. The molecule has 0 saturated heterocycles. The molecule has 4 aromatic rings. The van der Waals surface area contributed by atoms with Crippen molar-refractivity contribution in [2.45, 2.75) is 25.8 Å². The average molecular weight is 424 g/mol. The van der Waals surface area contributed by atoms with Crippen molar-refractivity contribution in [1.29, 1.82) is 0 Å². The largest absolute Gasteiger partial charge is 0.350 e. The van der Waals surface area contributed by atoms with Crippen molar-refractivity contribution in [3.63, 3.8) is 0 Å². The minimum atomic E-state index is -0.0605. The smallest absolute Gasteiger partial charge is 0.267 e. The van der Waals surface area contributed by atoms with Crippen molar-refractivity contribution in [3.05, 3.63) is 90.8 Å². The summed E-state index contributed by atoms with van der Waals surface area (Å²) in [5.41, 5.74) is 4.50. The summed E-state index contributed by atoms with van der Waals surface area (Å²) in [6, 6.07) is 17.7. The van der Waals surface area contributed by atoms with Gasteiger partial charge in [0.1, 0.15) is 5.69 Å². The van der Waals surface area contributed by atoms with Crippen molar-refractivity contribution in [2.75, 3.05) is 6.54 Å². The van der Waals surface area contributed by atoms with Gasteiger partial charge in [-0.3, -0.25) is 9.78 Å². The summed E-state index contributed by atoms with van der Waals surface area (Å²) in [5.74, 6) is 1.29. The molecule has 1 N–H and O–H groups in total. The van der Waals surface area contributed by atoms with E-state index in [9.17, 15) is 4.79 Å². The van der Waals surface area contributed by atoms with Crippen LogP contribution in [-0.2, 0) is 13.0 Å². The molecule has 32 heavy (non-hydrogen) atoms. The SMILES string of the molecule is O=C(NCCc1ccccn1)c1cc(-c2cnc(-c3ccccc3)nc2)cn1CC1CC1. The first-order valence-corrected chi connectivity index (χ1v) is 11.0. The van der Waals surface area contributed by atoms with Gasteiger partial charge in [-0.2, -0.15) is 0 Å². The van der Waals surface area contributed by atoms with Gasteiger partial charge in [0, 0.05) is 66.7 Å². The number of nitrogens with one attached hydrogen (secondary N) is 1. The fourth-order valence-corrected chi connectivity index (χ4v) is 3.74. The molecule has 1 saturated carbocycles. The zero-order chi connectivity index (χ0) is 21.8. The van der Waals surface area contributed by atoms with Gasteiger partial charge >= 0.3 is 0 Å². The number of hydrogen-bond acceptors (Lipinski definition) is 4. The summed E-state index contributed by atoms with van der Waals surface area (Å²) in [7, 11) is 0. The van der Waals surface area contributed by atoms with Gasteiger partial charge in [0.25, 0.3) is 5.91 Å². The Morgan fingerprint density at radius 1 is 0.938 bits per heavy atom. The van der Waals surface area contributed by atoms with Crippen LogP contribution in [0.25, 0.3) is 22.5 Å². The van der Waals surface area contributed by atoms with E-state index in [0.717, 1.165) is 28.9 Å². The van der Waals surface area contributed by atoms with Gasteiger partial charge in [-0.1, -0.05) is 36.4 Å². The van der Waals surface area contributed by atoms with Crippen LogP contribution in [0.2, 0.25) is 0 Å². The topological polar surface area (TPSA) is 72.7 Å². The van der Waals surface area contributed by atoms with Gasteiger partial charge in [-0.05, 0) is 37.0 Å².